The van der Waals surface area contributed by atoms with Crippen molar-refractivity contribution in [2.75, 3.05) is 36.4 Å². The molecule has 0 spiro atoms. The number of benzene rings is 1. The zero-order valence-corrected chi connectivity index (χ0v) is 19.2. The molecule has 2 aromatic rings. The third kappa shape index (κ3) is 4.36. The normalized spacial score (nSPS) is 19.1. The Morgan fingerprint density at radius 1 is 1.20 bits per heavy atom. The molecule has 8 nitrogen and oxygen atoms in total. The van der Waals surface area contributed by atoms with Crippen molar-refractivity contribution >= 4 is 29.5 Å². The number of aromatic nitrogens is 2. The third-order valence-electron chi connectivity index (χ3n) is 6.54. The molecule has 3 heterocycles. The predicted octanol–water partition coefficient (Wildman–Crippen LogP) is 3.60. The first-order valence-electron chi connectivity index (χ1n) is 11.7. The number of hydrogen-bond donors (Lipinski definition) is 2. The lowest BCUT2D eigenvalue weighted by Crippen LogP contribution is -2.48. The molecule has 0 unspecified atom stereocenters. The molecule has 35 heavy (non-hydrogen) atoms. The van der Waals surface area contributed by atoms with Crippen molar-refractivity contribution in [3.63, 3.8) is 0 Å². The lowest BCUT2D eigenvalue weighted by atomic mass is 10.1. The summed E-state index contributed by atoms with van der Waals surface area (Å²) in [6.07, 6.45) is 6.41. The van der Waals surface area contributed by atoms with Gasteiger partial charge in [-0.05, 0) is 43.8 Å². The number of carbonyl (C=O) groups excluding carboxylic acids is 1. The predicted molar refractivity (Wildman–Crippen MR) is 128 cm³/mol. The van der Waals surface area contributed by atoms with Gasteiger partial charge in [-0.1, -0.05) is 11.6 Å². The third-order valence-corrected chi connectivity index (χ3v) is 6.54. The topological polar surface area (TPSA) is 91.7 Å². The minimum atomic E-state index is -0.656. The smallest absolute Gasteiger partial charge is 0.326 e. The van der Waals surface area contributed by atoms with Gasteiger partial charge >= 0.3 is 6.01 Å². The SMILES string of the molecule is CC1=Cc2c(F)c(Oc3nc(NC4=NCC(C5CC5)=C4)cc(N4CCNC(=O)C4)n3)cc(F)c2C1. The monoisotopic (exact) mass is 478 g/mol. The fourth-order valence-electron chi connectivity index (χ4n) is 4.61. The Morgan fingerprint density at radius 2 is 2.06 bits per heavy atom. The molecule has 6 rings (SSSR count). The van der Waals surface area contributed by atoms with E-state index in [0.29, 0.717) is 55.0 Å². The van der Waals surface area contributed by atoms with E-state index in [-0.39, 0.29) is 29.8 Å². The van der Waals surface area contributed by atoms with E-state index in [4.69, 9.17) is 4.74 Å². The lowest BCUT2D eigenvalue weighted by Gasteiger charge is -2.28. The second-order valence-corrected chi connectivity index (χ2v) is 9.32. The second-order valence-electron chi connectivity index (χ2n) is 9.32. The fourth-order valence-corrected chi connectivity index (χ4v) is 4.61. The highest BCUT2D eigenvalue weighted by Gasteiger charge is 2.28. The molecule has 0 radical (unpaired) electrons. The van der Waals surface area contributed by atoms with Gasteiger partial charge in [-0.3, -0.25) is 9.79 Å². The zero-order chi connectivity index (χ0) is 24.1. The van der Waals surface area contributed by atoms with Crippen molar-refractivity contribution in [3.05, 3.63) is 52.1 Å². The largest absolute Gasteiger partial charge is 0.421 e. The molecule has 1 saturated heterocycles. The van der Waals surface area contributed by atoms with Gasteiger partial charge in [-0.2, -0.15) is 9.97 Å². The number of allylic oxidation sites excluding steroid dienone is 1. The van der Waals surface area contributed by atoms with Gasteiger partial charge in [-0.15, -0.1) is 0 Å². The summed E-state index contributed by atoms with van der Waals surface area (Å²) in [7, 11) is 0. The first-order valence-corrected chi connectivity index (χ1v) is 11.7. The van der Waals surface area contributed by atoms with Crippen LogP contribution in [0.3, 0.4) is 0 Å². The Morgan fingerprint density at radius 3 is 2.86 bits per heavy atom. The summed E-state index contributed by atoms with van der Waals surface area (Å²) in [5.74, 6) is 0.505. The van der Waals surface area contributed by atoms with Crippen molar-refractivity contribution in [2.45, 2.75) is 26.2 Å². The summed E-state index contributed by atoms with van der Waals surface area (Å²) in [6, 6.07) is 2.57. The van der Waals surface area contributed by atoms with Gasteiger partial charge in [0, 0.05) is 36.3 Å². The fraction of sp³-hybridized carbons (Fsp3) is 0.360. The number of aliphatic imine (C=N–C) groups is 1. The van der Waals surface area contributed by atoms with Gasteiger partial charge in [0.05, 0.1) is 13.1 Å². The number of anilines is 2. The van der Waals surface area contributed by atoms with Gasteiger partial charge < -0.3 is 20.3 Å². The summed E-state index contributed by atoms with van der Waals surface area (Å²) in [5, 5.41) is 5.96. The average Bonchev–Trinajstić information content (AvgIpc) is 3.45. The molecule has 1 aromatic carbocycles. The van der Waals surface area contributed by atoms with Crippen LogP contribution in [-0.2, 0) is 11.2 Å². The van der Waals surface area contributed by atoms with Crippen LogP contribution in [-0.4, -0.2) is 47.9 Å². The molecule has 0 bridgehead atoms. The Labute approximate surface area is 200 Å². The van der Waals surface area contributed by atoms with E-state index < -0.39 is 11.6 Å². The Hall–Kier alpha value is -3.82. The van der Waals surface area contributed by atoms with E-state index >= 15 is 4.39 Å². The molecule has 2 aliphatic heterocycles. The van der Waals surface area contributed by atoms with Crippen LogP contribution < -0.4 is 20.3 Å². The summed E-state index contributed by atoms with van der Waals surface area (Å²) in [6.45, 7) is 3.62. The molecule has 2 fully saturated rings. The Balaban J connectivity index is 1.33. The van der Waals surface area contributed by atoms with E-state index in [1.807, 2.05) is 13.0 Å². The van der Waals surface area contributed by atoms with Crippen LogP contribution in [0.4, 0.5) is 20.4 Å². The summed E-state index contributed by atoms with van der Waals surface area (Å²) in [5.41, 5.74) is 2.68. The number of amides is 1. The first kappa shape index (κ1) is 21.7. The van der Waals surface area contributed by atoms with E-state index in [1.165, 1.54) is 18.4 Å². The molecule has 2 N–H and O–H groups in total. The number of halogens is 2. The second kappa shape index (κ2) is 8.44. The number of nitrogens with zero attached hydrogens (tertiary/aromatic N) is 4. The van der Waals surface area contributed by atoms with Crippen molar-refractivity contribution in [3.8, 4) is 11.8 Å². The summed E-state index contributed by atoms with van der Waals surface area (Å²) < 4.78 is 35.5. The van der Waals surface area contributed by atoms with Crippen LogP contribution in [0.5, 0.6) is 11.8 Å². The highest BCUT2D eigenvalue weighted by atomic mass is 19.1. The minimum absolute atomic E-state index is 0.120. The number of hydrogen-bond acceptors (Lipinski definition) is 7. The quantitative estimate of drug-likeness (QED) is 0.683. The average molecular weight is 479 g/mol. The maximum atomic E-state index is 15.2. The van der Waals surface area contributed by atoms with Crippen molar-refractivity contribution < 1.29 is 18.3 Å². The standard InChI is InChI=1S/C25H24F2N6O2/c1-13-6-16-17(7-13)24(27)19(9-18(16)26)35-25-31-21(30-20-8-15(11-29-20)14-2-3-14)10-22(32-25)33-5-4-28-23(34)12-33/h7-10,14H,2-6,11-12H2,1H3,(H,28,34)(H,29,30,31,32). The van der Waals surface area contributed by atoms with Crippen molar-refractivity contribution in [2.24, 2.45) is 10.9 Å². The maximum Gasteiger partial charge on any atom is 0.326 e. The molecule has 1 aromatic heterocycles. The number of piperazine rings is 1. The van der Waals surface area contributed by atoms with E-state index in [2.05, 4.69) is 25.6 Å². The highest BCUT2D eigenvalue weighted by Crippen LogP contribution is 2.38. The summed E-state index contributed by atoms with van der Waals surface area (Å²) >= 11 is 0. The number of ether oxygens (including phenoxy) is 1. The number of nitrogens with one attached hydrogen (secondary N) is 2. The van der Waals surface area contributed by atoms with Crippen LogP contribution in [0.25, 0.3) is 6.08 Å². The van der Waals surface area contributed by atoms with Crippen LogP contribution in [0.2, 0.25) is 0 Å². The highest BCUT2D eigenvalue weighted by molar-refractivity contribution is 6.05. The molecule has 1 amide bonds. The van der Waals surface area contributed by atoms with Crippen LogP contribution in [0, 0.1) is 17.6 Å². The van der Waals surface area contributed by atoms with Crippen molar-refractivity contribution in [1.29, 1.82) is 0 Å². The Bertz CT molecular complexity index is 1330. The van der Waals surface area contributed by atoms with E-state index in [9.17, 15) is 9.18 Å². The Kier molecular flexibility index (Phi) is 5.23. The molecular formula is C25H24F2N6O2. The van der Waals surface area contributed by atoms with E-state index in [1.54, 1.807) is 17.0 Å². The number of fused-ring (bicyclic) bond motifs is 1. The maximum absolute atomic E-state index is 15.2. The molecular weight excluding hydrogens is 454 g/mol. The van der Waals surface area contributed by atoms with Gasteiger partial charge in [0.1, 0.15) is 23.3 Å². The first-order chi connectivity index (χ1) is 16.9. The van der Waals surface area contributed by atoms with Crippen molar-refractivity contribution in [1.82, 2.24) is 15.3 Å². The molecule has 2 aliphatic carbocycles. The van der Waals surface area contributed by atoms with Crippen LogP contribution in [0.1, 0.15) is 30.9 Å². The lowest BCUT2D eigenvalue weighted by molar-refractivity contribution is -0.120. The van der Waals surface area contributed by atoms with E-state index in [0.717, 1.165) is 11.6 Å². The number of amidine groups is 1. The van der Waals surface area contributed by atoms with Gasteiger partial charge in [0.15, 0.2) is 11.6 Å². The molecule has 1 saturated carbocycles. The molecule has 180 valence electrons. The van der Waals surface area contributed by atoms with Crippen LogP contribution in [0.15, 0.2) is 34.3 Å². The van der Waals surface area contributed by atoms with Gasteiger partial charge in [0.25, 0.3) is 0 Å². The molecule has 4 aliphatic rings. The minimum Gasteiger partial charge on any atom is -0.421 e. The molecule has 10 heteroatoms. The number of rotatable bonds is 5. The van der Waals surface area contributed by atoms with Crippen LogP contribution >= 0.6 is 0 Å². The van der Waals surface area contributed by atoms with Gasteiger partial charge in [0.2, 0.25) is 5.91 Å². The molecule has 0 atom stereocenters. The summed E-state index contributed by atoms with van der Waals surface area (Å²) in [4.78, 5) is 27.0. The number of carbonyl (C=O) groups is 1. The van der Waals surface area contributed by atoms with Gasteiger partial charge in [-0.25, -0.2) is 8.78 Å². The zero-order valence-electron chi connectivity index (χ0n) is 19.2.